The van der Waals surface area contributed by atoms with E-state index in [2.05, 4.69) is 15.7 Å². The van der Waals surface area contributed by atoms with Crippen LogP contribution in [0.4, 0.5) is 5.69 Å². The molecular formula is C15H18N4O3. The SMILES string of the molecule is CC(C)c1ccc(N=N)c(C(=O)NC2CCC(=O)NC2=O)c1. The Balaban J connectivity index is 2.21. The van der Waals surface area contributed by atoms with E-state index in [9.17, 15) is 14.4 Å². The number of piperidine rings is 1. The summed E-state index contributed by atoms with van der Waals surface area (Å²) in [4.78, 5) is 35.2. The maximum Gasteiger partial charge on any atom is 0.254 e. The predicted molar refractivity (Wildman–Crippen MR) is 79.0 cm³/mol. The number of carbonyl (C=O) groups excluding carboxylic acids is 3. The van der Waals surface area contributed by atoms with Crippen molar-refractivity contribution in [3.05, 3.63) is 29.3 Å². The Hall–Kier alpha value is -2.57. The van der Waals surface area contributed by atoms with Crippen molar-refractivity contribution in [1.29, 1.82) is 5.53 Å². The van der Waals surface area contributed by atoms with Crippen molar-refractivity contribution >= 4 is 23.4 Å². The third kappa shape index (κ3) is 3.36. The van der Waals surface area contributed by atoms with Crippen molar-refractivity contribution in [2.75, 3.05) is 0 Å². The molecule has 0 spiro atoms. The highest BCUT2D eigenvalue weighted by Crippen LogP contribution is 2.24. The van der Waals surface area contributed by atoms with Gasteiger partial charge < -0.3 is 5.32 Å². The molecular weight excluding hydrogens is 284 g/mol. The monoisotopic (exact) mass is 302 g/mol. The first-order valence-electron chi connectivity index (χ1n) is 7.08. The van der Waals surface area contributed by atoms with E-state index in [1.165, 1.54) is 0 Å². The van der Waals surface area contributed by atoms with E-state index in [1.807, 2.05) is 19.9 Å². The van der Waals surface area contributed by atoms with Gasteiger partial charge >= 0.3 is 0 Å². The van der Waals surface area contributed by atoms with Gasteiger partial charge in [0.05, 0.1) is 11.3 Å². The summed E-state index contributed by atoms with van der Waals surface area (Å²) < 4.78 is 0. The van der Waals surface area contributed by atoms with Gasteiger partial charge in [-0.3, -0.25) is 19.7 Å². The number of carbonyl (C=O) groups is 3. The zero-order valence-corrected chi connectivity index (χ0v) is 12.5. The average molecular weight is 302 g/mol. The van der Waals surface area contributed by atoms with Crippen molar-refractivity contribution in [1.82, 2.24) is 10.6 Å². The Bertz CT molecular complexity index is 640. The average Bonchev–Trinajstić information content (AvgIpc) is 2.49. The second-order valence-electron chi connectivity index (χ2n) is 5.52. The van der Waals surface area contributed by atoms with E-state index in [1.54, 1.807) is 12.1 Å². The summed E-state index contributed by atoms with van der Waals surface area (Å²) >= 11 is 0. The van der Waals surface area contributed by atoms with Gasteiger partial charge in [0.15, 0.2) is 0 Å². The molecule has 7 heteroatoms. The van der Waals surface area contributed by atoms with Crippen LogP contribution in [-0.2, 0) is 9.59 Å². The number of nitrogens with zero attached hydrogens (tertiary/aromatic N) is 1. The molecule has 1 heterocycles. The summed E-state index contributed by atoms with van der Waals surface area (Å²) in [7, 11) is 0. The molecule has 0 radical (unpaired) electrons. The van der Waals surface area contributed by atoms with Crippen LogP contribution in [0.3, 0.4) is 0 Å². The first kappa shape index (κ1) is 15.8. The highest BCUT2D eigenvalue weighted by atomic mass is 16.2. The van der Waals surface area contributed by atoms with Crippen molar-refractivity contribution in [2.45, 2.75) is 38.6 Å². The first-order chi connectivity index (χ1) is 10.4. The summed E-state index contributed by atoms with van der Waals surface area (Å²) in [5.41, 5.74) is 8.61. The van der Waals surface area contributed by atoms with Crippen molar-refractivity contribution in [2.24, 2.45) is 5.11 Å². The van der Waals surface area contributed by atoms with Crippen LogP contribution in [0.15, 0.2) is 23.3 Å². The van der Waals surface area contributed by atoms with E-state index >= 15 is 0 Å². The van der Waals surface area contributed by atoms with Crippen LogP contribution in [0.25, 0.3) is 0 Å². The van der Waals surface area contributed by atoms with E-state index in [-0.39, 0.29) is 35.9 Å². The van der Waals surface area contributed by atoms with Crippen LogP contribution < -0.4 is 10.6 Å². The Morgan fingerprint density at radius 1 is 1.41 bits per heavy atom. The van der Waals surface area contributed by atoms with Gasteiger partial charge in [-0.05, 0) is 30.0 Å². The molecule has 1 aliphatic rings. The van der Waals surface area contributed by atoms with Gasteiger partial charge in [-0.25, -0.2) is 5.53 Å². The Morgan fingerprint density at radius 2 is 2.14 bits per heavy atom. The lowest BCUT2D eigenvalue weighted by molar-refractivity contribution is -0.134. The number of amides is 3. The van der Waals surface area contributed by atoms with E-state index in [4.69, 9.17) is 5.53 Å². The number of nitrogens with one attached hydrogen (secondary N) is 3. The van der Waals surface area contributed by atoms with Crippen molar-refractivity contribution in [3.8, 4) is 0 Å². The summed E-state index contributed by atoms with van der Waals surface area (Å²) in [5, 5.41) is 8.14. The van der Waals surface area contributed by atoms with Crippen LogP contribution in [0.1, 0.15) is 48.5 Å². The van der Waals surface area contributed by atoms with Crippen molar-refractivity contribution in [3.63, 3.8) is 0 Å². The molecule has 1 saturated heterocycles. The zero-order valence-electron chi connectivity index (χ0n) is 12.5. The van der Waals surface area contributed by atoms with E-state index in [0.717, 1.165) is 5.56 Å². The fourth-order valence-electron chi connectivity index (χ4n) is 2.26. The van der Waals surface area contributed by atoms with Gasteiger partial charge in [0.1, 0.15) is 6.04 Å². The topological polar surface area (TPSA) is 111 Å². The predicted octanol–water partition coefficient (Wildman–Crippen LogP) is 2.01. The number of hydrogen-bond acceptors (Lipinski definition) is 5. The summed E-state index contributed by atoms with van der Waals surface area (Å²) in [5.74, 6) is -1.09. The Labute approximate surface area is 128 Å². The number of rotatable bonds is 4. The Kier molecular flexibility index (Phi) is 4.65. The maximum absolute atomic E-state index is 12.4. The molecule has 2 rings (SSSR count). The molecule has 7 nitrogen and oxygen atoms in total. The summed E-state index contributed by atoms with van der Waals surface area (Å²) in [6.45, 7) is 3.99. The molecule has 1 atom stereocenters. The maximum atomic E-state index is 12.4. The molecule has 116 valence electrons. The summed E-state index contributed by atoms with van der Waals surface area (Å²) in [6, 6.07) is 4.37. The molecule has 1 aliphatic heterocycles. The molecule has 3 amide bonds. The van der Waals surface area contributed by atoms with Gasteiger partial charge in [-0.2, -0.15) is 5.11 Å². The highest BCUT2D eigenvalue weighted by Gasteiger charge is 2.28. The van der Waals surface area contributed by atoms with Gasteiger partial charge in [0.25, 0.3) is 5.91 Å². The highest BCUT2D eigenvalue weighted by molar-refractivity contribution is 6.05. The van der Waals surface area contributed by atoms with Crippen molar-refractivity contribution < 1.29 is 14.4 Å². The minimum absolute atomic E-state index is 0.193. The van der Waals surface area contributed by atoms with Crippen LogP contribution in [-0.4, -0.2) is 23.8 Å². The molecule has 0 aliphatic carbocycles. The molecule has 0 saturated carbocycles. The lowest BCUT2D eigenvalue weighted by atomic mass is 9.99. The molecule has 0 aromatic heterocycles. The van der Waals surface area contributed by atoms with Crippen LogP contribution >= 0.6 is 0 Å². The van der Waals surface area contributed by atoms with Crippen LogP contribution in [0, 0.1) is 5.53 Å². The smallest absolute Gasteiger partial charge is 0.254 e. The Morgan fingerprint density at radius 3 is 2.73 bits per heavy atom. The first-order valence-corrected chi connectivity index (χ1v) is 7.08. The molecule has 1 aromatic rings. The lowest BCUT2D eigenvalue weighted by Gasteiger charge is -2.22. The lowest BCUT2D eigenvalue weighted by Crippen LogP contribution is -2.52. The van der Waals surface area contributed by atoms with Crippen LogP contribution in [0.5, 0.6) is 0 Å². The van der Waals surface area contributed by atoms with Gasteiger partial charge in [-0.1, -0.05) is 19.9 Å². The fraction of sp³-hybridized carbons (Fsp3) is 0.400. The number of hydrogen-bond donors (Lipinski definition) is 3. The molecule has 0 bridgehead atoms. The van der Waals surface area contributed by atoms with Gasteiger partial charge in [0, 0.05) is 6.42 Å². The number of benzene rings is 1. The molecule has 1 fully saturated rings. The quantitative estimate of drug-likeness (QED) is 0.584. The molecule has 1 unspecified atom stereocenters. The van der Waals surface area contributed by atoms with Gasteiger partial charge in [0.2, 0.25) is 11.8 Å². The minimum atomic E-state index is -0.744. The van der Waals surface area contributed by atoms with Crippen LogP contribution in [0.2, 0.25) is 0 Å². The normalized spacial score (nSPS) is 18.0. The fourth-order valence-corrected chi connectivity index (χ4v) is 2.26. The van der Waals surface area contributed by atoms with Gasteiger partial charge in [-0.15, -0.1) is 0 Å². The second-order valence-corrected chi connectivity index (χ2v) is 5.52. The third-order valence-corrected chi connectivity index (χ3v) is 3.60. The van der Waals surface area contributed by atoms with E-state index in [0.29, 0.717) is 0 Å². The largest absolute Gasteiger partial charge is 0.340 e. The third-order valence-electron chi connectivity index (χ3n) is 3.60. The molecule has 1 aromatic carbocycles. The standard InChI is InChI=1S/C15H18N4O3/c1-8(2)9-3-4-11(19-16)10(7-9)14(21)17-12-5-6-13(20)18-15(12)22/h3-4,7-8,12,16H,5-6H2,1-2H3,(H,17,21)(H,18,20,22). The minimum Gasteiger partial charge on any atom is -0.340 e. The second kappa shape index (κ2) is 6.46. The van der Waals surface area contributed by atoms with E-state index < -0.39 is 17.9 Å². The molecule has 22 heavy (non-hydrogen) atoms. The number of imide groups is 1. The molecule has 3 N–H and O–H groups in total. The zero-order chi connectivity index (χ0) is 16.3. The summed E-state index contributed by atoms with van der Waals surface area (Å²) in [6.07, 6.45) is 0.464.